The third kappa shape index (κ3) is 3.85. The number of ether oxygens (including phenoxy) is 4. The van der Waals surface area contributed by atoms with Crippen LogP contribution in [0.3, 0.4) is 0 Å². The van der Waals surface area contributed by atoms with Gasteiger partial charge in [0.05, 0.1) is 7.11 Å². The van der Waals surface area contributed by atoms with Gasteiger partial charge in [0.1, 0.15) is 29.6 Å². The Morgan fingerprint density at radius 2 is 1.62 bits per heavy atom. The minimum Gasteiger partial charge on any atom is -0.496 e. The van der Waals surface area contributed by atoms with Crippen molar-refractivity contribution in [3.8, 4) is 23.0 Å². The zero-order valence-corrected chi connectivity index (χ0v) is 14.7. The van der Waals surface area contributed by atoms with Gasteiger partial charge in [-0.1, -0.05) is 0 Å². The average Bonchev–Trinajstić information content (AvgIpc) is 2.60. The summed E-state index contributed by atoms with van der Waals surface area (Å²) in [5.41, 5.74) is 2.63. The highest BCUT2D eigenvalue weighted by atomic mass is 16.5. The van der Waals surface area contributed by atoms with Crippen molar-refractivity contribution in [2.45, 2.75) is 13.8 Å². The van der Waals surface area contributed by atoms with Crippen molar-refractivity contribution >= 4 is 23.6 Å². The molecule has 2 aromatic carbocycles. The molecule has 0 bridgehead atoms. The number of benzene rings is 2. The van der Waals surface area contributed by atoms with Crippen molar-refractivity contribution in [1.82, 2.24) is 0 Å². The summed E-state index contributed by atoms with van der Waals surface area (Å²) in [6.07, 6.45) is 1.99. The van der Waals surface area contributed by atoms with Gasteiger partial charge in [-0.25, -0.2) is 0 Å². The second-order valence-electron chi connectivity index (χ2n) is 5.71. The summed E-state index contributed by atoms with van der Waals surface area (Å²) in [5, 5.41) is 0. The van der Waals surface area contributed by atoms with Crippen molar-refractivity contribution < 1.29 is 28.5 Å². The molecule has 6 heteroatoms. The van der Waals surface area contributed by atoms with Crippen molar-refractivity contribution in [1.29, 1.82) is 0 Å². The standard InChI is InChI=1S/C20H18O6/c1-12(21)25-16-5-4-14-8-15(11-24-19(14)9-16)18-7-6-17(26-13(2)22)10-20(18)23-3/h4-10H,11H2,1-3H3. The maximum Gasteiger partial charge on any atom is 0.308 e. The zero-order valence-electron chi connectivity index (χ0n) is 14.7. The summed E-state index contributed by atoms with van der Waals surface area (Å²) in [6.45, 7) is 3.03. The lowest BCUT2D eigenvalue weighted by Gasteiger charge is -2.20. The topological polar surface area (TPSA) is 71.1 Å². The highest BCUT2D eigenvalue weighted by Crippen LogP contribution is 2.37. The predicted octanol–water partition coefficient (Wildman–Crippen LogP) is 3.48. The van der Waals surface area contributed by atoms with Gasteiger partial charge in [0.15, 0.2) is 0 Å². The maximum absolute atomic E-state index is 11.1. The maximum atomic E-state index is 11.1. The number of hydrogen-bond donors (Lipinski definition) is 0. The van der Waals surface area contributed by atoms with Gasteiger partial charge in [-0.05, 0) is 30.3 Å². The van der Waals surface area contributed by atoms with Gasteiger partial charge in [0.2, 0.25) is 0 Å². The fourth-order valence-electron chi connectivity index (χ4n) is 2.70. The summed E-state index contributed by atoms with van der Waals surface area (Å²) < 4.78 is 21.4. The van der Waals surface area contributed by atoms with E-state index in [1.165, 1.54) is 13.8 Å². The van der Waals surface area contributed by atoms with E-state index >= 15 is 0 Å². The molecule has 0 aliphatic carbocycles. The molecule has 0 saturated heterocycles. The lowest BCUT2D eigenvalue weighted by Crippen LogP contribution is -2.09. The Kier molecular flexibility index (Phi) is 4.93. The first-order valence-electron chi connectivity index (χ1n) is 7.99. The van der Waals surface area contributed by atoms with Crippen LogP contribution in [-0.4, -0.2) is 25.7 Å². The number of rotatable bonds is 4. The van der Waals surface area contributed by atoms with E-state index in [9.17, 15) is 9.59 Å². The molecule has 0 radical (unpaired) electrons. The monoisotopic (exact) mass is 354 g/mol. The van der Waals surface area contributed by atoms with E-state index in [-0.39, 0.29) is 5.97 Å². The number of fused-ring (bicyclic) bond motifs is 1. The fourth-order valence-corrected chi connectivity index (χ4v) is 2.70. The molecule has 6 nitrogen and oxygen atoms in total. The third-order valence-electron chi connectivity index (χ3n) is 3.74. The Hall–Kier alpha value is -3.28. The summed E-state index contributed by atoms with van der Waals surface area (Å²) >= 11 is 0. The van der Waals surface area contributed by atoms with Crippen LogP contribution in [0.5, 0.6) is 23.0 Å². The molecule has 134 valence electrons. The first-order chi connectivity index (χ1) is 12.5. The van der Waals surface area contributed by atoms with Crippen LogP contribution in [0.15, 0.2) is 36.4 Å². The zero-order chi connectivity index (χ0) is 18.7. The molecule has 0 unspecified atom stereocenters. The summed E-state index contributed by atoms with van der Waals surface area (Å²) in [5.74, 6) is 1.31. The van der Waals surface area contributed by atoms with E-state index < -0.39 is 5.97 Å². The van der Waals surface area contributed by atoms with Gasteiger partial charge in [-0.2, -0.15) is 0 Å². The van der Waals surface area contributed by atoms with Gasteiger partial charge >= 0.3 is 11.9 Å². The smallest absolute Gasteiger partial charge is 0.308 e. The minimum absolute atomic E-state index is 0.333. The van der Waals surface area contributed by atoms with Crippen molar-refractivity contribution in [2.75, 3.05) is 13.7 Å². The SMILES string of the molecule is COc1cc(OC(C)=O)ccc1C1=Cc2ccc(OC(C)=O)cc2OC1. The molecular formula is C20H18O6. The Morgan fingerprint density at radius 3 is 2.27 bits per heavy atom. The molecule has 0 spiro atoms. The summed E-state index contributed by atoms with van der Waals surface area (Å²) in [6, 6.07) is 10.4. The Bertz CT molecular complexity index is 897. The van der Waals surface area contributed by atoms with Gasteiger partial charge < -0.3 is 18.9 Å². The quantitative estimate of drug-likeness (QED) is 0.618. The lowest BCUT2D eigenvalue weighted by atomic mass is 9.99. The van der Waals surface area contributed by atoms with Crippen LogP contribution < -0.4 is 18.9 Å². The minimum atomic E-state index is -0.391. The Morgan fingerprint density at radius 1 is 0.962 bits per heavy atom. The van der Waals surface area contributed by atoms with E-state index in [4.69, 9.17) is 18.9 Å². The third-order valence-corrected chi connectivity index (χ3v) is 3.74. The normalized spacial score (nSPS) is 12.3. The van der Waals surface area contributed by atoms with E-state index in [0.29, 0.717) is 29.6 Å². The molecule has 0 saturated carbocycles. The highest BCUT2D eigenvalue weighted by molar-refractivity contribution is 5.88. The van der Waals surface area contributed by atoms with Crippen molar-refractivity contribution in [2.24, 2.45) is 0 Å². The van der Waals surface area contributed by atoms with Crippen LogP contribution in [0.2, 0.25) is 0 Å². The van der Waals surface area contributed by atoms with E-state index in [1.54, 1.807) is 31.4 Å². The number of esters is 2. The van der Waals surface area contributed by atoms with Crippen LogP contribution in [-0.2, 0) is 9.59 Å². The van der Waals surface area contributed by atoms with Gasteiger partial charge in [-0.15, -0.1) is 0 Å². The number of methoxy groups -OCH3 is 1. The fraction of sp³-hybridized carbons (Fsp3) is 0.200. The Balaban J connectivity index is 1.92. The van der Waals surface area contributed by atoms with Crippen LogP contribution >= 0.6 is 0 Å². The van der Waals surface area contributed by atoms with Crippen LogP contribution in [0, 0.1) is 0 Å². The largest absolute Gasteiger partial charge is 0.496 e. The molecule has 0 amide bonds. The van der Waals surface area contributed by atoms with Gasteiger partial charge in [0, 0.05) is 42.7 Å². The van der Waals surface area contributed by atoms with Crippen LogP contribution in [0.25, 0.3) is 11.6 Å². The molecule has 1 aliphatic rings. The van der Waals surface area contributed by atoms with E-state index in [0.717, 1.165) is 16.7 Å². The molecule has 1 heterocycles. The molecule has 3 rings (SSSR count). The average molecular weight is 354 g/mol. The Labute approximate surface area is 150 Å². The number of carbonyl (C=O) groups is 2. The molecule has 0 atom stereocenters. The van der Waals surface area contributed by atoms with Crippen LogP contribution in [0.4, 0.5) is 0 Å². The highest BCUT2D eigenvalue weighted by Gasteiger charge is 2.18. The molecule has 0 N–H and O–H groups in total. The lowest BCUT2D eigenvalue weighted by molar-refractivity contribution is -0.132. The van der Waals surface area contributed by atoms with E-state index in [1.807, 2.05) is 18.2 Å². The second-order valence-corrected chi connectivity index (χ2v) is 5.71. The molecular weight excluding hydrogens is 336 g/mol. The van der Waals surface area contributed by atoms with Gasteiger partial charge in [0.25, 0.3) is 0 Å². The van der Waals surface area contributed by atoms with Crippen LogP contribution in [0.1, 0.15) is 25.0 Å². The first-order valence-corrected chi connectivity index (χ1v) is 7.99. The molecule has 0 aromatic heterocycles. The van der Waals surface area contributed by atoms with E-state index in [2.05, 4.69) is 0 Å². The number of carbonyl (C=O) groups excluding carboxylic acids is 2. The first kappa shape index (κ1) is 17.5. The molecule has 2 aromatic rings. The molecule has 0 fully saturated rings. The van der Waals surface area contributed by atoms with Gasteiger partial charge in [-0.3, -0.25) is 9.59 Å². The predicted molar refractivity (Wildman–Crippen MR) is 95.4 cm³/mol. The van der Waals surface area contributed by atoms with Crippen molar-refractivity contribution in [3.63, 3.8) is 0 Å². The van der Waals surface area contributed by atoms with Crippen molar-refractivity contribution in [3.05, 3.63) is 47.5 Å². The summed E-state index contributed by atoms with van der Waals surface area (Å²) in [7, 11) is 1.56. The second kappa shape index (κ2) is 7.31. The summed E-state index contributed by atoms with van der Waals surface area (Å²) in [4.78, 5) is 22.2. The molecule has 1 aliphatic heterocycles. The molecule has 26 heavy (non-hydrogen) atoms. The number of hydrogen-bond acceptors (Lipinski definition) is 6.